The summed E-state index contributed by atoms with van der Waals surface area (Å²) >= 11 is 3.38. The molecule has 0 unspecified atom stereocenters. The number of halogens is 1. The Morgan fingerprint density at radius 2 is 2.24 bits per heavy atom. The molecule has 0 bridgehead atoms. The lowest BCUT2D eigenvalue weighted by molar-refractivity contribution is 0.102. The van der Waals surface area contributed by atoms with Crippen LogP contribution in [0.25, 0.3) is 10.9 Å². The number of nitrogens with two attached hydrogens (primary N) is 1. The number of aromatic nitrogens is 3. The van der Waals surface area contributed by atoms with Crippen LogP contribution in [0.2, 0.25) is 0 Å². The van der Waals surface area contributed by atoms with Crippen molar-refractivity contribution in [2.75, 3.05) is 11.1 Å². The Morgan fingerprint density at radius 3 is 2.95 bits per heavy atom. The van der Waals surface area contributed by atoms with Crippen LogP contribution in [-0.4, -0.2) is 20.7 Å². The average Bonchev–Trinajstić information content (AvgIpc) is 2.77. The minimum absolute atomic E-state index is 0.201. The first-order chi connectivity index (χ1) is 10.0. The molecule has 0 atom stereocenters. The van der Waals surface area contributed by atoms with Crippen LogP contribution in [0.4, 0.5) is 11.4 Å². The van der Waals surface area contributed by atoms with E-state index in [1.807, 2.05) is 18.2 Å². The van der Waals surface area contributed by atoms with Gasteiger partial charge in [-0.3, -0.25) is 14.5 Å². The van der Waals surface area contributed by atoms with Gasteiger partial charge in [0.25, 0.3) is 5.91 Å². The molecular weight excluding hydrogens is 334 g/mol. The van der Waals surface area contributed by atoms with Crippen molar-refractivity contribution in [1.82, 2.24) is 14.8 Å². The number of hydrogen-bond acceptors (Lipinski definition) is 4. The number of hydrogen-bond donors (Lipinski definition) is 2. The number of amides is 1. The van der Waals surface area contributed by atoms with Gasteiger partial charge in [-0.15, -0.1) is 0 Å². The topological polar surface area (TPSA) is 85.8 Å². The van der Waals surface area contributed by atoms with E-state index in [1.165, 1.54) is 4.68 Å². The van der Waals surface area contributed by atoms with Crippen molar-refractivity contribution in [2.24, 2.45) is 7.05 Å². The van der Waals surface area contributed by atoms with Gasteiger partial charge < -0.3 is 11.1 Å². The SMILES string of the molecule is Cn1cc(N)c(C(=O)Nc2cccc3cc(Br)cnc23)n1. The van der Waals surface area contributed by atoms with Gasteiger partial charge in [-0.2, -0.15) is 5.10 Å². The van der Waals surface area contributed by atoms with Crippen LogP contribution >= 0.6 is 15.9 Å². The van der Waals surface area contributed by atoms with Crippen LogP contribution in [0.5, 0.6) is 0 Å². The van der Waals surface area contributed by atoms with Crippen molar-refractivity contribution < 1.29 is 4.79 Å². The maximum Gasteiger partial charge on any atom is 0.278 e. The third kappa shape index (κ3) is 2.59. The van der Waals surface area contributed by atoms with Gasteiger partial charge in [-0.25, -0.2) is 0 Å². The summed E-state index contributed by atoms with van der Waals surface area (Å²) in [6.45, 7) is 0. The molecule has 0 aliphatic carbocycles. The quantitative estimate of drug-likeness (QED) is 0.747. The molecule has 2 aromatic heterocycles. The second-order valence-corrected chi connectivity index (χ2v) is 5.51. The number of anilines is 2. The van der Waals surface area contributed by atoms with E-state index in [4.69, 9.17) is 5.73 Å². The molecule has 0 saturated carbocycles. The van der Waals surface area contributed by atoms with Crippen molar-refractivity contribution in [3.8, 4) is 0 Å². The van der Waals surface area contributed by atoms with E-state index >= 15 is 0 Å². The number of carbonyl (C=O) groups is 1. The second kappa shape index (κ2) is 5.17. The Hall–Kier alpha value is -2.41. The lowest BCUT2D eigenvalue weighted by Gasteiger charge is -2.07. The van der Waals surface area contributed by atoms with Crippen LogP contribution in [0.15, 0.2) is 41.1 Å². The fourth-order valence-corrected chi connectivity index (χ4v) is 2.45. The number of carbonyl (C=O) groups excluding carboxylic acids is 1. The van der Waals surface area contributed by atoms with Gasteiger partial charge in [-0.05, 0) is 28.1 Å². The summed E-state index contributed by atoms with van der Waals surface area (Å²) in [4.78, 5) is 16.6. The van der Waals surface area contributed by atoms with Gasteiger partial charge in [0, 0.05) is 29.3 Å². The molecule has 0 spiro atoms. The van der Waals surface area contributed by atoms with Gasteiger partial charge >= 0.3 is 0 Å². The van der Waals surface area contributed by atoms with Crippen molar-refractivity contribution in [1.29, 1.82) is 0 Å². The molecule has 0 radical (unpaired) electrons. The molecule has 106 valence electrons. The molecule has 1 aromatic carbocycles. The van der Waals surface area contributed by atoms with Crippen molar-refractivity contribution in [3.05, 3.63) is 46.8 Å². The predicted octanol–water partition coefficient (Wildman–Crippen LogP) is 2.57. The Kier molecular flexibility index (Phi) is 3.34. The Morgan fingerprint density at radius 1 is 1.43 bits per heavy atom. The first-order valence-electron chi connectivity index (χ1n) is 6.19. The molecule has 7 heteroatoms. The predicted molar refractivity (Wildman–Crippen MR) is 85.0 cm³/mol. The highest BCUT2D eigenvalue weighted by molar-refractivity contribution is 9.10. The molecule has 0 aliphatic rings. The number of pyridine rings is 1. The summed E-state index contributed by atoms with van der Waals surface area (Å²) in [5.74, 6) is -0.356. The van der Waals surface area contributed by atoms with Crippen LogP contribution in [0.3, 0.4) is 0 Å². The average molecular weight is 346 g/mol. The number of aryl methyl sites for hydroxylation is 1. The van der Waals surface area contributed by atoms with E-state index in [2.05, 4.69) is 31.3 Å². The first kappa shape index (κ1) is 13.6. The van der Waals surface area contributed by atoms with E-state index in [1.54, 1.807) is 25.5 Å². The van der Waals surface area contributed by atoms with Crippen LogP contribution in [-0.2, 0) is 7.05 Å². The summed E-state index contributed by atoms with van der Waals surface area (Å²) in [7, 11) is 1.71. The maximum absolute atomic E-state index is 12.3. The Labute approximate surface area is 129 Å². The number of rotatable bonds is 2. The summed E-state index contributed by atoms with van der Waals surface area (Å²) in [5, 5.41) is 7.78. The standard InChI is InChI=1S/C14H12BrN5O/c1-20-7-10(16)13(19-20)14(21)18-11-4-2-3-8-5-9(15)6-17-12(8)11/h2-7H,16H2,1H3,(H,18,21). The molecule has 3 rings (SSSR count). The Balaban J connectivity index is 1.98. The number of nitrogens with one attached hydrogen (secondary N) is 1. The molecule has 3 N–H and O–H groups in total. The van der Waals surface area contributed by atoms with Gasteiger partial charge in [0.2, 0.25) is 0 Å². The largest absolute Gasteiger partial charge is 0.396 e. The van der Waals surface area contributed by atoms with Crippen molar-refractivity contribution >= 4 is 44.1 Å². The van der Waals surface area contributed by atoms with Gasteiger partial charge in [-0.1, -0.05) is 12.1 Å². The van der Waals surface area contributed by atoms with E-state index in [0.29, 0.717) is 16.9 Å². The summed E-state index contributed by atoms with van der Waals surface area (Å²) in [5.41, 5.74) is 7.63. The number of para-hydroxylation sites is 1. The number of benzene rings is 1. The highest BCUT2D eigenvalue weighted by Crippen LogP contribution is 2.24. The molecule has 21 heavy (non-hydrogen) atoms. The lowest BCUT2D eigenvalue weighted by Crippen LogP contribution is -2.15. The Bertz CT molecular complexity index is 842. The number of fused-ring (bicyclic) bond motifs is 1. The van der Waals surface area contributed by atoms with Gasteiger partial charge in [0.1, 0.15) is 0 Å². The van der Waals surface area contributed by atoms with Crippen molar-refractivity contribution in [3.63, 3.8) is 0 Å². The first-order valence-corrected chi connectivity index (χ1v) is 6.98. The minimum Gasteiger partial charge on any atom is -0.396 e. The summed E-state index contributed by atoms with van der Waals surface area (Å²) in [6.07, 6.45) is 3.28. The zero-order chi connectivity index (χ0) is 15.0. The molecule has 0 saturated heterocycles. The van der Waals surface area contributed by atoms with Crippen LogP contribution in [0, 0.1) is 0 Å². The molecular formula is C14H12BrN5O. The zero-order valence-corrected chi connectivity index (χ0v) is 12.8. The monoisotopic (exact) mass is 345 g/mol. The molecule has 0 aliphatic heterocycles. The molecule has 2 heterocycles. The molecule has 6 nitrogen and oxygen atoms in total. The fraction of sp³-hybridized carbons (Fsp3) is 0.0714. The summed E-state index contributed by atoms with van der Waals surface area (Å²) in [6, 6.07) is 7.51. The normalized spacial score (nSPS) is 10.8. The molecule has 3 aromatic rings. The molecule has 0 fully saturated rings. The number of nitrogens with zero attached hydrogens (tertiary/aromatic N) is 3. The van der Waals surface area contributed by atoms with Crippen LogP contribution in [0.1, 0.15) is 10.5 Å². The highest BCUT2D eigenvalue weighted by Gasteiger charge is 2.15. The molecule has 1 amide bonds. The van der Waals surface area contributed by atoms with Crippen LogP contribution < -0.4 is 11.1 Å². The third-order valence-electron chi connectivity index (χ3n) is 3.00. The maximum atomic E-state index is 12.3. The zero-order valence-electron chi connectivity index (χ0n) is 11.2. The van der Waals surface area contributed by atoms with Gasteiger partial charge in [0.15, 0.2) is 5.69 Å². The second-order valence-electron chi connectivity index (χ2n) is 4.59. The fourth-order valence-electron chi connectivity index (χ4n) is 2.10. The van der Waals surface area contributed by atoms with E-state index < -0.39 is 0 Å². The lowest BCUT2D eigenvalue weighted by atomic mass is 10.2. The van der Waals surface area contributed by atoms with Crippen molar-refractivity contribution in [2.45, 2.75) is 0 Å². The number of nitrogen functional groups attached to an aromatic ring is 1. The van der Waals surface area contributed by atoms with E-state index in [9.17, 15) is 4.79 Å². The third-order valence-corrected chi connectivity index (χ3v) is 3.43. The smallest absolute Gasteiger partial charge is 0.278 e. The summed E-state index contributed by atoms with van der Waals surface area (Å²) < 4.78 is 2.38. The van der Waals surface area contributed by atoms with E-state index in [-0.39, 0.29) is 11.6 Å². The minimum atomic E-state index is -0.356. The highest BCUT2D eigenvalue weighted by atomic mass is 79.9. The van der Waals surface area contributed by atoms with Gasteiger partial charge in [0.05, 0.1) is 16.9 Å². The van der Waals surface area contributed by atoms with E-state index in [0.717, 1.165) is 9.86 Å².